The highest BCUT2D eigenvalue weighted by Crippen LogP contribution is 2.37. The predicted octanol–water partition coefficient (Wildman–Crippen LogP) is 6.68. The van der Waals surface area contributed by atoms with Gasteiger partial charge in [-0.05, 0) is 67.1 Å². The van der Waals surface area contributed by atoms with E-state index >= 15 is 0 Å². The molecule has 11 heteroatoms. The van der Waals surface area contributed by atoms with Crippen molar-refractivity contribution in [2.24, 2.45) is 0 Å². The Labute approximate surface area is 219 Å². The van der Waals surface area contributed by atoms with Crippen LogP contribution in [0.2, 0.25) is 0 Å². The molecule has 3 N–H and O–H groups in total. The second-order valence-electron chi connectivity index (χ2n) is 8.89. The van der Waals surface area contributed by atoms with E-state index in [-0.39, 0.29) is 12.4 Å². The number of amides is 1. The van der Waals surface area contributed by atoms with Crippen molar-refractivity contribution < 1.29 is 27.4 Å². The summed E-state index contributed by atoms with van der Waals surface area (Å²) in [5, 5.41) is 5.87. The maximum absolute atomic E-state index is 13.1. The van der Waals surface area contributed by atoms with E-state index in [9.17, 15) is 18.0 Å². The first-order chi connectivity index (χ1) is 18.7. The predicted molar refractivity (Wildman–Crippen MR) is 139 cm³/mol. The third kappa shape index (κ3) is 4.81. The van der Waals surface area contributed by atoms with E-state index in [4.69, 9.17) is 14.5 Å². The number of hydrogen-bond acceptors (Lipinski definition) is 6. The number of benzene rings is 3. The first kappa shape index (κ1) is 24.3. The Bertz CT molecular complexity index is 1730. The summed E-state index contributed by atoms with van der Waals surface area (Å²) in [6.07, 6.45) is -2.77. The van der Waals surface area contributed by atoms with Crippen molar-refractivity contribution >= 4 is 34.3 Å². The number of fused-ring (bicyclic) bond motifs is 2. The maximum Gasteiger partial charge on any atom is 0.416 e. The first-order valence-corrected chi connectivity index (χ1v) is 11.9. The van der Waals surface area contributed by atoms with Gasteiger partial charge in [-0.3, -0.25) is 4.79 Å². The molecular weight excluding hydrogens is 511 g/mol. The van der Waals surface area contributed by atoms with Crippen LogP contribution in [0, 0.1) is 6.92 Å². The number of H-pyrrole nitrogens is 1. The number of carbonyl (C=O) groups is 1. The molecule has 0 spiro atoms. The molecule has 1 aliphatic rings. The van der Waals surface area contributed by atoms with Gasteiger partial charge in [0.05, 0.1) is 16.6 Å². The van der Waals surface area contributed by atoms with E-state index in [0.717, 1.165) is 28.8 Å². The number of halogens is 3. The fourth-order valence-electron chi connectivity index (χ4n) is 4.25. The van der Waals surface area contributed by atoms with E-state index in [1.807, 2.05) is 31.2 Å². The number of nitrogens with one attached hydrogen (secondary N) is 3. The number of rotatable bonds is 5. The Hall–Kier alpha value is -5.06. The minimum atomic E-state index is -4.54. The average Bonchev–Trinajstić information content (AvgIpc) is 3.59. The molecule has 5 aromatic rings. The number of alkyl halides is 3. The average molecular weight is 531 g/mol. The normalized spacial score (nSPS) is 12.5. The third-order valence-electron chi connectivity index (χ3n) is 6.25. The lowest BCUT2D eigenvalue weighted by atomic mass is 10.1. The largest absolute Gasteiger partial charge is 0.454 e. The van der Waals surface area contributed by atoms with Crippen LogP contribution < -0.4 is 20.1 Å². The molecule has 6 rings (SSSR count). The van der Waals surface area contributed by atoms with E-state index in [1.165, 1.54) is 12.1 Å². The van der Waals surface area contributed by atoms with Crippen molar-refractivity contribution in [1.82, 2.24) is 15.0 Å². The van der Waals surface area contributed by atoms with Crippen molar-refractivity contribution in [3.8, 4) is 22.8 Å². The van der Waals surface area contributed by atoms with Crippen molar-refractivity contribution in [2.45, 2.75) is 13.1 Å². The van der Waals surface area contributed by atoms with E-state index in [1.54, 1.807) is 24.4 Å². The fourth-order valence-corrected chi connectivity index (χ4v) is 4.25. The molecule has 2 aromatic heterocycles. The van der Waals surface area contributed by atoms with Crippen LogP contribution in [0.15, 0.2) is 72.9 Å². The SMILES string of the molecule is Cc1ccc(NC(=O)c2cccc(C(F)(F)F)c2)cc1Nc1nc(-c2ccc3c(c2)OCO3)c2[nH]ccc2n1. The molecule has 0 unspecified atom stereocenters. The smallest absolute Gasteiger partial charge is 0.416 e. The molecule has 1 amide bonds. The first-order valence-electron chi connectivity index (χ1n) is 11.9. The molecular formula is C28H20F3N5O3. The van der Waals surface area contributed by atoms with Crippen LogP contribution in [0.4, 0.5) is 30.5 Å². The zero-order chi connectivity index (χ0) is 27.1. The maximum atomic E-state index is 13.1. The monoisotopic (exact) mass is 531 g/mol. The number of ether oxygens (including phenoxy) is 2. The molecule has 0 saturated carbocycles. The highest BCUT2D eigenvalue weighted by Gasteiger charge is 2.31. The van der Waals surface area contributed by atoms with Gasteiger partial charge in [-0.2, -0.15) is 13.2 Å². The summed E-state index contributed by atoms with van der Waals surface area (Å²) in [4.78, 5) is 25.2. The molecule has 0 saturated heterocycles. The number of nitrogens with zero attached hydrogens (tertiary/aromatic N) is 2. The Kier molecular flexibility index (Phi) is 5.82. The third-order valence-corrected chi connectivity index (χ3v) is 6.25. The molecule has 0 aliphatic carbocycles. The van der Waals surface area contributed by atoms with Gasteiger partial charge in [0.1, 0.15) is 5.69 Å². The highest BCUT2D eigenvalue weighted by atomic mass is 19.4. The minimum absolute atomic E-state index is 0.102. The summed E-state index contributed by atoms with van der Waals surface area (Å²) in [5.41, 5.74) is 3.74. The molecule has 1 aliphatic heterocycles. The number of carbonyl (C=O) groups excluding carboxylic acids is 1. The second-order valence-corrected chi connectivity index (χ2v) is 8.89. The van der Waals surface area contributed by atoms with Crippen molar-refractivity contribution in [1.29, 1.82) is 0 Å². The van der Waals surface area contributed by atoms with Crippen LogP contribution in [0.1, 0.15) is 21.5 Å². The highest BCUT2D eigenvalue weighted by molar-refractivity contribution is 6.04. The van der Waals surface area contributed by atoms with Gasteiger partial charge in [-0.15, -0.1) is 0 Å². The summed E-state index contributed by atoms with van der Waals surface area (Å²) in [6, 6.07) is 16.8. The standard InChI is InChI=1S/C28H20F3N5O3/c1-15-5-7-19(33-26(37)17-3-2-4-18(11-17)28(29,30)31)13-21(15)35-27-34-20-9-10-32-25(20)24(36-27)16-6-8-22-23(12-16)39-14-38-22/h2-13,32H,14H2,1H3,(H,33,37)(H,34,35,36). The summed E-state index contributed by atoms with van der Waals surface area (Å²) in [5.74, 6) is 0.944. The van der Waals surface area contributed by atoms with Gasteiger partial charge in [0.25, 0.3) is 5.91 Å². The van der Waals surface area contributed by atoms with E-state index in [2.05, 4.69) is 20.6 Å². The van der Waals surface area contributed by atoms with E-state index in [0.29, 0.717) is 40.0 Å². The van der Waals surface area contributed by atoms with Gasteiger partial charge < -0.3 is 25.1 Å². The number of aromatic nitrogens is 3. The lowest BCUT2D eigenvalue weighted by Crippen LogP contribution is -2.14. The lowest BCUT2D eigenvalue weighted by Gasteiger charge is -2.13. The van der Waals surface area contributed by atoms with Gasteiger partial charge in [-0.25, -0.2) is 9.97 Å². The molecule has 3 heterocycles. The van der Waals surface area contributed by atoms with Crippen molar-refractivity contribution in [3.63, 3.8) is 0 Å². The van der Waals surface area contributed by atoms with Crippen molar-refractivity contribution in [2.75, 3.05) is 17.4 Å². The van der Waals surface area contributed by atoms with Gasteiger partial charge in [0.15, 0.2) is 11.5 Å². The van der Waals surface area contributed by atoms with Crippen LogP contribution in [0.25, 0.3) is 22.3 Å². The zero-order valence-electron chi connectivity index (χ0n) is 20.4. The fraction of sp³-hybridized carbons (Fsp3) is 0.107. The van der Waals surface area contributed by atoms with Crippen LogP contribution in [0.5, 0.6) is 11.5 Å². The number of anilines is 3. The summed E-state index contributed by atoms with van der Waals surface area (Å²) in [6.45, 7) is 2.03. The Balaban J connectivity index is 1.29. The lowest BCUT2D eigenvalue weighted by molar-refractivity contribution is -0.137. The molecule has 3 aromatic carbocycles. The van der Waals surface area contributed by atoms with Crippen LogP contribution in [-0.4, -0.2) is 27.7 Å². The van der Waals surface area contributed by atoms with Gasteiger partial charge in [0.2, 0.25) is 12.7 Å². The van der Waals surface area contributed by atoms with Crippen LogP contribution in [-0.2, 0) is 6.18 Å². The number of aryl methyl sites for hydroxylation is 1. The number of hydrogen-bond donors (Lipinski definition) is 3. The molecule has 8 nitrogen and oxygen atoms in total. The molecule has 0 bridgehead atoms. The van der Waals surface area contributed by atoms with Gasteiger partial charge in [-0.1, -0.05) is 12.1 Å². The summed E-state index contributed by atoms with van der Waals surface area (Å²) in [7, 11) is 0. The zero-order valence-corrected chi connectivity index (χ0v) is 20.4. The van der Waals surface area contributed by atoms with Crippen LogP contribution >= 0.6 is 0 Å². The van der Waals surface area contributed by atoms with Crippen LogP contribution in [0.3, 0.4) is 0 Å². The second kappa shape index (κ2) is 9.35. The Morgan fingerprint density at radius 3 is 2.67 bits per heavy atom. The van der Waals surface area contributed by atoms with E-state index < -0.39 is 17.6 Å². The molecule has 196 valence electrons. The Morgan fingerprint density at radius 1 is 0.974 bits per heavy atom. The van der Waals surface area contributed by atoms with Gasteiger partial charge >= 0.3 is 6.18 Å². The molecule has 0 atom stereocenters. The van der Waals surface area contributed by atoms with Gasteiger partial charge in [0, 0.05) is 28.7 Å². The molecule has 0 radical (unpaired) electrons. The molecule has 0 fully saturated rings. The minimum Gasteiger partial charge on any atom is -0.454 e. The summed E-state index contributed by atoms with van der Waals surface area (Å²) >= 11 is 0. The number of aromatic amines is 1. The molecule has 39 heavy (non-hydrogen) atoms. The Morgan fingerprint density at radius 2 is 1.82 bits per heavy atom. The van der Waals surface area contributed by atoms with Crippen molar-refractivity contribution in [3.05, 3.63) is 89.6 Å². The topological polar surface area (TPSA) is 101 Å². The quantitative estimate of drug-likeness (QED) is 0.234. The summed E-state index contributed by atoms with van der Waals surface area (Å²) < 4.78 is 50.1.